The number of piperidine rings is 1. The van der Waals surface area contributed by atoms with Gasteiger partial charge in [0.15, 0.2) is 0 Å². The van der Waals surface area contributed by atoms with Crippen molar-refractivity contribution in [3.63, 3.8) is 0 Å². The van der Waals surface area contributed by atoms with Crippen LogP contribution in [0.2, 0.25) is 0 Å². The fraction of sp³-hybridized carbons (Fsp3) is 0.600. The molecule has 0 aliphatic carbocycles. The van der Waals surface area contributed by atoms with E-state index in [4.69, 9.17) is 9.47 Å². The molecule has 158 valence electrons. The van der Waals surface area contributed by atoms with Crippen molar-refractivity contribution in [2.45, 2.75) is 62.6 Å². The Morgan fingerprint density at radius 1 is 1.17 bits per heavy atom. The highest BCUT2D eigenvalue weighted by atomic mass is 19.4. The van der Waals surface area contributed by atoms with Gasteiger partial charge < -0.3 is 14.4 Å². The van der Waals surface area contributed by atoms with Gasteiger partial charge in [0.05, 0.1) is 0 Å². The number of halogens is 3. The smallest absolute Gasteiger partial charge is 0.410 e. The molecule has 1 aromatic carbocycles. The molecule has 1 spiro atoms. The van der Waals surface area contributed by atoms with Crippen molar-refractivity contribution in [1.82, 2.24) is 9.80 Å². The van der Waals surface area contributed by atoms with Crippen LogP contribution in [0.4, 0.5) is 22.8 Å². The molecular weight excluding hydrogens is 389 g/mol. The quantitative estimate of drug-likeness (QED) is 0.750. The van der Waals surface area contributed by atoms with E-state index in [1.165, 1.54) is 0 Å². The fourth-order valence-electron chi connectivity index (χ4n) is 4.77. The minimum Gasteiger partial charge on any atom is -0.445 e. The van der Waals surface area contributed by atoms with E-state index in [1.54, 1.807) is 4.90 Å². The Labute approximate surface area is 166 Å². The summed E-state index contributed by atoms with van der Waals surface area (Å²) >= 11 is 0. The summed E-state index contributed by atoms with van der Waals surface area (Å²) in [6, 6.07) is 9.13. The van der Waals surface area contributed by atoms with Gasteiger partial charge in [0.25, 0.3) is 0 Å². The summed E-state index contributed by atoms with van der Waals surface area (Å²) in [6.45, 7) is -1.11. The van der Waals surface area contributed by atoms with E-state index in [1.807, 2.05) is 30.3 Å². The first-order chi connectivity index (χ1) is 13.7. The lowest BCUT2D eigenvalue weighted by Gasteiger charge is -2.48. The third-order valence-electron chi connectivity index (χ3n) is 6.02. The topological polar surface area (TPSA) is 59.1 Å². The third-order valence-corrected chi connectivity index (χ3v) is 6.02. The van der Waals surface area contributed by atoms with Crippen LogP contribution in [0.15, 0.2) is 30.3 Å². The van der Waals surface area contributed by atoms with Crippen LogP contribution in [0.1, 0.15) is 37.7 Å². The molecule has 3 heterocycles. The maximum atomic E-state index is 12.6. The molecule has 0 radical (unpaired) electrons. The van der Waals surface area contributed by atoms with E-state index in [-0.39, 0.29) is 25.2 Å². The zero-order valence-electron chi connectivity index (χ0n) is 15.9. The summed E-state index contributed by atoms with van der Waals surface area (Å²) in [5.41, 5.74) is 0.106. The number of amides is 2. The van der Waals surface area contributed by atoms with Gasteiger partial charge in [0, 0.05) is 37.9 Å². The number of fused-ring (bicyclic) bond motifs is 2. The zero-order valence-corrected chi connectivity index (χ0v) is 15.9. The summed E-state index contributed by atoms with van der Waals surface area (Å²) < 4.78 is 48.8. The Balaban J connectivity index is 1.37. The molecule has 3 saturated heterocycles. The molecule has 0 saturated carbocycles. The van der Waals surface area contributed by atoms with Crippen LogP contribution in [-0.4, -0.2) is 58.9 Å². The van der Waals surface area contributed by atoms with E-state index in [2.05, 4.69) is 0 Å². The molecule has 3 aliphatic rings. The highest BCUT2D eigenvalue weighted by Crippen LogP contribution is 2.46. The molecule has 9 heteroatoms. The summed E-state index contributed by atoms with van der Waals surface area (Å²) in [7, 11) is 0. The molecule has 4 rings (SSSR count). The van der Waals surface area contributed by atoms with Gasteiger partial charge in [-0.25, -0.2) is 9.59 Å². The second-order valence-electron chi connectivity index (χ2n) is 8.08. The molecule has 2 bridgehead atoms. The number of hydrogen-bond acceptors (Lipinski definition) is 4. The van der Waals surface area contributed by atoms with Gasteiger partial charge in [-0.05, 0) is 18.4 Å². The fourth-order valence-corrected chi connectivity index (χ4v) is 4.77. The lowest BCUT2D eigenvalue weighted by atomic mass is 9.82. The number of hydrogen-bond donors (Lipinski definition) is 0. The predicted octanol–water partition coefficient (Wildman–Crippen LogP) is 4.09. The molecule has 3 fully saturated rings. The number of ether oxygens (including phenoxy) is 2. The number of nitrogens with zero attached hydrogens (tertiary/aromatic N) is 2. The maximum Gasteiger partial charge on any atom is 0.410 e. The van der Waals surface area contributed by atoms with Crippen molar-refractivity contribution in [2.75, 3.05) is 13.1 Å². The average molecular weight is 412 g/mol. The van der Waals surface area contributed by atoms with E-state index >= 15 is 0 Å². The molecule has 3 atom stereocenters. The van der Waals surface area contributed by atoms with Crippen LogP contribution in [0.3, 0.4) is 0 Å². The van der Waals surface area contributed by atoms with Crippen LogP contribution < -0.4 is 0 Å². The van der Waals surface area contributed by atoms with Crippen molar-refractivity contribution >= 4 is 12.2 Å². The Morgan fingerprint density at radius 2 is 1.83 bits per heavy atom. The molecule has 29 heavy (non-hydrogen) atoms. The highest BCUT2D eigenvalue weighted by molar-refractivity contribution is 5.71. The molecule has 6 nitrogen and oxygen atoms in total. The molecule has 0 aromatic heterocycles. The van der Waals surface area contributed by atoms with Gasteiger partial charge >= 0.3 is 18.4 Å². The van der Waals surface area contributed by atoms with Crippen LogP contribution >= 0.6 is 0 Å². The lowest BCUT2D eigenvalue weighted by Crippen LogP contribution is -2.59. The average Bonchev–Trinajstić information content (AvgIpc) is 2.94. The van der Waals surface area contributed by atoms with E-state index in [0.29, 0.717) is 24.2 Å². The summed E-state index contributed by atoms with van der Waals surface area (Å²) in [6.07, 6.45) is -2.99. The van der Waals surface area contributed by atoms with Crippen molar-refractivity contribution in [3.05, 3.63) is 35.9 Å². The Morgan fingerprint density at radius 3 is 2.41 bits per heavy atom. The van der Waals surface area contributed by atoms with Crippen molar-refractivity contribution in [2.24, 2.45) is 0 Å². The zero-order chi connectivity index (χ0) is 20.6. The Kier molecular flexibility index (Phi) is 5.08. The first kappa shape index (κ1) is 19.8. The first-order valence-electron chi connectivity index (χ1n) is 9.78. The molecular formula is C20H23F3N2O4. The molecule has 1 aromatic rings. The van der Waals surface area contributed by atoms with Crippen molar-refractivity contribution in [3.8, 4) is 0 Å². The minimum atomic E-state index is -4.45. The molecule has 2 amide bonds. The van der Waals surface area contributed by atoms with Gasteiger partial charge in [-0.15, -0.1) is 0 Å². The molecule has 0 N–H and O–H groups in total. The summed E-state index contributed by atoms with van der Waals surface area (Å²) in [5, 5.41) is 0. The van der Waals surface area contributed by atoms with Gasteiger partial charge in [0.2, 0.25) is 0 Å². The van der Waals surface area contributed by atoms with Crippen molar-refractivity contribution in [1.29, 1.82) is 0 Å². The van der Waals surface area contributed by atoms with Gasteiger partial charge in [-0.3, -0.25) is 4.90 Å². The Bertz CT molecular complexity index is 757. The number of benzene rings is 1. The number of carbonyl (C=O) groups excluding carboxylic acids is 2. The predicted molar refractivity (Wildman–Crippen MR) is 96.0 cm³/mol. The van der Waals surface area contributed by atoms with Crippen LogP contribution in [0.25, 0.3) is 0 Å². The second-order valence-corrected chi connectivity index (χ2v) is 8.08. The monoisotopic (exact) mass is 412 g/mol. The summed E-state index contributed by atoms with van der Waals surface area (Å²) in [4.78, 5) is 27.2. The van der Waals surface area contributed by atoms with Gasteiger partial charge in [-0.1, -0.05) is 30.3 Å². The first-order valence-corrected chi connectivity index (χ1v) is 9.78. The minimum absolute atomic E-state index is 0.0102. The lowest BCUT2D eigenvalue weighted by molar-refractivity contribution is -0.159. The normalized spacial score (nSPS) is 29.1. The van der Waals surface area contributed by atoms with Crippen LogP contribution in [-0.2, 0) is 16.1 Å². The third kappa shape index (κ3) is 4.28. The molecule has 1 unspecified atom stereocenters. The number of carbonyl (C=O) groups is 2. The van der Waals surface area contributed by atoms with E-state index in [0.717, 1.165) is 18.4 Å². The van der Waals surface area contributed by atoms with Crippen LogP contribution in [0, 0.1) is 0 Å². The Hall–Kier alpha value is -2.45. The van der Waals surface area contributed by atoms with E-state index < -0.39 is 30.5 Å². The van der Waals surface area contributed by atoms with Crippen molar-refractivity contribution < 1.29 is 32.2 Å². The van der Waals surface area contributed by atoms with Crippen LogP contribution in [0.5, 0.6) is 0 Å². The second kappa shape index (κ2) is 7.42. The molecule has 3 aliphatic heterocycles. The maximum absolute atomic E-state index is 12.6. The van der Waals surface area contributed by atoms with E-state index in [9.17, 15) is 22.8 Å². The SMILES string of the molecule is O=C1OC2(CCN1CC(F)(F)F)C[C@H]1CC[C@@H](C2)N1C(=O)OCc1ccccc1. The number of rotatable bonds is 3. The summed E-state index contributed by atoms with van der Waals surface area (Å²) in [5.74, 6) is 0. The van der Waals surface area contributed by atoms with Gasteiger partial charge in [-0.2, -0.15) is 13.2 Å². The largest absolute Gasteiger partial charge is 0.445 e. The number of alkyl halides is 3. The van der Waals surface area contributed by atoms with Gasteiger partial charge in [0.1, 0.15) is 18.8 Å². The highest BCUT2D eigenvalue weighted by Gasteiger charge is 2.54. The standard InChI is InChI=1S/C20H23F3N2O4/c21-20(22,23)13-24-9-8-19(29-17(24)26)10-15-6-7-16(11-19)25(15)18(27)28-12-14-4-2-1-3-5-14/h1-5,15-16H,6-13H2/t15-,16+,19?.